The number of rotatable bonds is 5. The molecule has 6 heteroatoms. The molecule has 1 aromatic heterocycles. The van der Waals surface area contributed by atoms with Crippen LogP contribution in [0.3, 0.4) is 0 Å². The monoisotopic (exact) mass is 315 g/mol. The third kappa shape index (κ3) is 3.66. The average Bonchev–Trinajstić information content (AvgIpc) is 2.47. The van der Waals surface area contributed by atoms with E-state index in [1.54, 1.807) is 0 Å². The Balaban J connectivity index is 2.30. The molecular formula is C17H17NO5. The molecule has 0 fully saturated rings. The summed E-state index contributed by atoms with van der Waals surface area (Å²) in [6.07, 6.45) is 0.669. The minimum absolute atomic E-state index is 0.207. The van der Waals surface area contributed by atoms with Crippen LogP contribution in [-0.4, -0.2) is 28.3 Å². The highest BCUT2D eigenvalue weighted by atomic mass is 16.5. The van der Waals surface area contributed by atoms with E-state index in [2.05, 4.69) is 9.41 Å². The molecule has 0 saturated heterocycles. The molecule has 0 radical (unpaired) electrons. The number of aliphatic imine (C=N–C) groups is 1. The first-order valence-corrected chi connectivity index (χ1v) is 7.07. The fourth-order valence-corrected chi connectivity index (χ4v) is 2.23. The van der Waals surface area contributed by atoms with Gasteiger partial charge in [-0.2, -0.15) is 0 Å². The van der Waals surface area contributed by atoms with E-state index in [-0.39, 0.29) is 11.3 Å². The van der Waals surface area contributed by atoms with Crippen molar-refractivity contribution in [3.05, 3.63) is 57.4 Å². The van der Waals surface area contributed by atoms with Crippen molar-refractivity contribution in [2.75, 3.05) is 6.54 Å². The zero-order valence-electron chi connectivity index (χ0n) is 12.9. The van der Waals surface area contributed by atoms with Gasteiger partial charge in [0.25, 0.3) is 5.95 Å². The molecule has 23 heavy (non-hydrogen) atoms. The van der Waals surface area contributed by atoms with Crippen LogP contribution in [0.4, 0.5) is 0 Å². The first kappa shape index (κ1) is 16.5. The SMILES string of the molecule is CC(=O)c1c(O)oc(=O)c(C(C)=NCCc2ccccc2)c1O. The second-order valence-corrected chi connectivity index (χ2v) is 5.05. The van der Waals surface area contributed by atoms with Crippen LogP contribution in [0.25, 0.3) is 0 Å². The summed E-state index contributed by atoms with van der Waals surface area (Å²) in [5.74, 6) is -2.10. The molecule has 0 unspecified atom stereocenters. The molecule has 0 aliphatic carbocycles. The van der Waals surface area contributed by atoms with Gasteiger partial charge in [-0.1, -0.05) is 30.3 Å². The van der Waals surface area contributed by atoms with E-state index >= 15 is 0 Å². The van der Waals surface area contributed by atoms with Crippen molar-refractivity contribution < 1.29 is 19.4 Å². The van der Waals surface area contributed by atoms with Crippen molar-refractivity contribution in [3.63, 3.8) is 0 Å². The van der Waals surface area contributed by atoms with Crippen molar-refractivity contribution in [1.29, 1.82) is 0 Å². The summed E-state index contributed by atoms with van der Waals surface area (Å²) in [4.78, 5) is 27.5. The lowest BCUT2D eigenvalue weighted by Gasteiger charge is -2.07. The van der Waals surface area contributed by atoms with Crippen molar-refractivity contribution in [2.24, 2.45) is 4.99 Å². The second-order valence-electron chi connectivity index (χ2n) is 5.05. The molecule has 0 aliphatic rings. The van der Waals surface area contributed by atoms with Crippen LogP contribution in [0.5, 0.6) is 11.7 Å². The molecule has 6 nitrogen and oxygen atoms in total. The standard InChI is InChI=1S/C17H17NO5/c1-10(18-9-8-12-6-4-3-5-7-12)13-15(20)14(11(2)19)17(22)23-16(13)21/h3-7,20,22H,8-9H2,1-2H3. The van der Waals surface area contributed by atoms with Crippen LogP contribution >= 0.6 is 0 Å². The number of Topliss-reactive ketones (excluding diaryl/α,β-unsaturated/α-hetero) is 1. The van der Waals surface area contributed by atoms with Gasteiger partial charge < -0.3 is 14.6 Å². The van der Waals surface area contributed by atoms with Crippen LogP contribution in [0, 0.1) is 0 Å². The molecule has 1 aromatic carbocycles. The van der Waals surface area contributed by atoms with Gasteiger partial charge in [0.1, 0.15) is 16.9 Å². The van der Waals surface area contributed by atoms with Crippen molar-refractivity contribution in [2.45, 2.75) is 20.3 Å². The summed E-state index contributed by atoms with van der Waals surface area (Å²) >= 11 is 0. The molecule has 0 atom stereocenters. The number of carbonyl (C=O) groups is 1. The van der Waals surface area contributed by atoms with Gasteiger partial charge >= 0.3 is 5.63 Å². The molecule has 2 rings (SSSR count). The Labute approximate surface area is 132 Å². The topological polar surface area (TPSA) is 100 Å². The van der Waals surface area contributed by atoms with E-state index in [0.717, 1.165) is 12.5 Å². The van der Waals surface area contributed by atoms with Gasteiger partial charge in [0.05, 0.1) is 5.71 Å². The number of hydrogen-bond donors (Lipinski definition) is 2. The third-order valence-corrected chi connectivity index (χ3v) is 3.39. The Morgan fingerprint density at radius 1 is 1.13 bits per heavy atom. The van der Waals surface area contributed by atoms with Crippen molar-refractivity contribution in [1.82, 2.24) is 0 Å². The lowest BCUT2D eigenvalue weighted by atomic mass is 10.1. The molecular weight excluding hydrogens is 298 g/mol. The van der Waals surface area contributed by atoms with Gasteiger partial charge in [-0.15, -0.1) is 0 Å². The maximum Gasteiger partial charge on any atom is 0.351 e. The molecule has 0 spiro atoms. The number of ketones is 1. The summed E-state index contributed by atoms with van der Waals surface area (Å²) in [7, 11) is 0. The Hall–Kier alpha value is -2.89. The van der Waals surface area contributed by atoms with Gasteiger partial charge in [-0.05, 0) is 25.8 Å². The van der Waals surface area contributed by atoms with Crippen LogP contribution in [0.2, 0.25) is 0 Å². The Kier molecular flexibility index (Phi) is 4.95. The van der Waals surface area contributed by atoms with Crippen LogP contribution in [-0.2, 0) is 6.42 Å². The van der Waals surface area contributed by atoms with Crippen molar-refractivity contribution in [3.8, 4) is 11.7 Å². The zero-order valence-corrected chi connectivity index (χ0v) is 12.9. The number of hydrogen-bond acceptors (Lipinski definition) is 6. The van der Waals surface area contributed by atoms with E-state index in [1.165, 1.54) is 6.92 Å². The number of aromatic hydroxyl groups is 2. The summed E-state index contributed by atoms with van der Waals surface area (Å²) < 4.78 is 4.61. The molecule has 0 saturated carbocycles. The smallest absolute Gasteiger partial charge is 0.351 e. The Morgan fingerprint density at radius 2 is 1.78 bits per heavy atom. The number of benzene rings is 1. The Morgan fingerprint density at radius 3 is 2.39 bits per heavy atom. The lowest BCUT2D eigenvalue weighted by Crippen LogP contribution is -2.15. The van der Waals surface area contributed by atoms with Crippen molar-refractivity contribution >= 4 is 11.5 Å². The lowest BCUT2D eigenvalue weighted by molar-refractivity contribution is 0.100. The molecule has 0 bridgehead atoms. The normalized spacial score (nSPS) is 11.5. The summed E-state index contributed by atoms with van der Waals surface area (Å²) in [6, 6.07) is 9.69. The molecule has 2 aromatic rings. The third-order valence-electron chi connectivity index (χ3n) is 3.39. The van der Waals surface area contributed by atoms with Crippen LogP contribution in [0.1, 0.15) is 35.3 Å². The number of carbonyl (C=O) groups excluding carboxylic acids is 1. The van der Waals surface area contributed by atoms with Crippen LogP contribution in [0.15, 0.2) is 44.5 Å². The van der Waals surface area contributed by atoms with Gasteiger partial charge in [-0.25, -0.2) is 4.79 Å². The predicted molar refractivity (Wildman–Crippen MR) is 85.5 cm³/mol. The maximum absolute atomic E-state index is 11.8. The van der Waals surface area contributed by atoms with Gasteiger partial charge in [0.15, 0.2) is 5.78 Å². The van der Waals surface area contributed by atoms with Gasteiger partial charge in [0, 0.05) is 6.54 Å². The van der Waals surface area contributed by atoms with E-state index in [4.69, 9.17) is 0 Å². The summed E-state index contributed by atoms with van der Waals surface area (Å²) in [5.41, 5.74) is -0.227. The van der Waals surface area contributed by atoms with E-state index in [1.807, 2.05) is 30.3 Å². The fraction of sp³-hybridized carbons (Fsp3) is 0.235. The second kappa shape index (κ2) is 6.91. The number of nitrogens with zero attached hydrogens (tertiary/aromatic N) is 1. The molecule has 0 amide bonds. The Bertz CT molecular complexity index is 806. The first-order chi connectivity index (χ1) is 10.9. The van der Waals surface area contributed by atoms with Gasteiger partial charge in [0.2, 0.25) is 0 Å². The molecule has 1 heterocycles. The molecule has 2 N–H and O–H groups in total. The average molecular weight is 315 g/mol. The van der Waals surface area contributed by atoms with E-state index < -0.39 is 28.7 Å². The minimum atomic E-state index is -0.939. The fourth-order valence-electron chi connectivity index (χ4n) is 2.23. The highest BCUT2D eigenvalue weighted by Gasteiger charge is 2.23. The quantitative estimate of drug-likeness (QED) is 0.651. The largest absolute Gasteiger partial charge is 0.506 e. The first-order valence-electron chi connectivity index (χ1n) is 7.07. The highest BCUT2D eigenvalue weighted by molar-refractivity contribution is 6.06. The molecule has 0 aliphatic heterocycles. The maximum atomic E-state index is 11.8. The van der Waals surface area contributed by atoms with E-state index in [9.17, 15) is 19.8 Å². The molecule has 120 valence electrons. The summed E-state index contributed by atoms with van der Waals surface area (Å²) in [6.45, 7) is 3.10. The van der Waals surface area contributed by atoms with Gasteiger partial charge in [-0.3, -0.25) is 9.79 Å². The highest BCUT2D eigenvalue weighted by Crippen LogP contribution is 2.28. The van der Waals surface area contributed by atoms with E-state index in [0.29, 0.717) is 13.0 Å². The summed E-state index contributed by atoms with van der Waals surface area (Å²) in [5, 5.41) is 19.6. The predicted octanol–water partition coefficient (Wildman–Crippen LogP) is 2.31. The van der Waals surface area contributed by atoms with Crippen LogP contribution < -0.4 is 5.63 Å². The minimum Gasteiger partial charge on any atom is -0.506 e. The zero-order chi connectivity index (χ0) is 17.0.